The van der Waals surface area contributed by atoms with E-state index in [2.05, 4.69) is 19.9 Å². The van der Waals surface area contributed by atoms with Crippen LogP contribution < -0.4 is 4.74 Å². The van der Waals surface area contributed by atoms with Gasteiger partial charge in [-0.25, -0.2) is 4.98 Å². The minimum Gasteiger partial charge on any atom is -0.481 e. The van der Waals surface area contributed by atoms with Gasteiger partial charge in [-0.05, 0) is 24.6 Å². The third-order valence-corrected chi connectivity index (χ3v) is 2.68. The number of ether oxygens (including phenoxy) is 1. The molecule has 0 saturated carbocycles. The molecule has 0 radical (unpaired) electrons. The van der Waals surface area contributed by atoms with Crippen molar-refractivity contribution in [1.29, 1.82) is 0 Å². The summed E-state index contributed by atoms with van der Waals surface area (Å²) in [6.45, 7) is 2.00. The lowest BCUT2D eigenvalue weighted by Gasteiger charge is -1.96. The van der Waals surface area contributed by atoms with E-state index in [1.165, 1.54) is 0 Å². The number of nitrogens with zero attached hydrogens (tertiary/aromatic N) is 3. The second-order valence-electron chi connectivity index (χ2n) is 4.06. The van der Waals surface area contributed by atoms with Gasteiger partial charge in [-0.3, -0.25) is 4.98 Å². The number of imidazole rings is 1. The molecule has 0 aromatic carbocycles. The standard InChI is InChI=1S/C13H12N4O/c1-8-5-9(7-14-6-8)12-15-10-3-4-11(18-2)16-13(10)17-12/h3-7H,1-2H3,(H,15,16,17). The van der Waals surface area contributed by atoms with Crippen LogP contribution in [0.4, 0.5) is 0 Å². The van der Waals surface area contributed by atoms with Crippen LogP contribution in [0.5, 0.6) is 5.88 Å². The van der Waals surface area contributed by atoms with Crippen LogP contribution in [0.15, 0.2) is 30.6 Å². The lowest BCUT2D eigenvalue weighted by atomic mass is 10.2. The molecule has 0 amide bonds. The topological polar surface area (TPSA) is 63.7 Å². The minimum atomic E-state index is 0.558. The first-order valence-electron chi connectivity index (χ1n) is 5.59. The Morgan fingerprint density at radius 3 is 2.83 bits per heavy atom. The van der Waals surface area contributed by atoms with Crippen LogP contribution >= 0.6 is 0 Å². The number of hydrogen-bond donors (Lipinski definition) is 1. The number of rotatable bonds is 2. The zero-order chi connectivity index (χ0) is 12.5. The number of aromatic amines is 1. The molecule has 0 aliphatic carbocycles. The molecule has 90 valence electrons. The molecule has 0 atom stereocenters. The third-order valence-electron chi connectivity index (χ3n) is 2.68. The van der Waals surface area contributed by atoms with Crippen molar-refractivity contribution in [3.63, 3.8) is 0 Å². The van der Waals surface area contributed by atoms with Gasteiger partial charge < -0.3 is 9.72 Å². The van der Waals surface area contributed by atoms with E-state index in [1.807, 2.05) is 25.3 Å². The van der Waals surface area contributed by atoms with E-state index in [0.29, 0.717) is 11.5 Å². The average molecular weight is 240 g/mol. The summed E-state index contributed by atoms with van der Waals surface area (Å²) in [5, 5.41) is 0. The summed E-state index contributed by atoms with van der Waals surface area (Å²) in [6.07, 6.45) is 3.59. The van der Waals surface area contributed by atoms with Crippen LogP contribution in [0.1, 0.15) is 5.56 Å². The average Bonchev–Trinajstić information content (AvgIpc) is 2.81. The molecule has 5 heteroatoms. The highest BCUT2D eigenvalue weighted by Crippen LogP contribution is 2.21. The van der Waals surface area contributed by atoms with Crippen molar-refractivity contribution < 1.29 is 4.74 Å². The lowest BCUT2D eigenvalue weighted by molar-refractivity contribution is 0.399. The minimum absolute atomic E-state index is 0.558. The number of nitrogens with one attached hydrogen (secondary N) is 1. The van der Waals surface area contributed by atoms with E-state index in [-0.39, 0.29) is 0 Å². The Morgan fingerprint density at radius 2 is 2.06 bits per heavy atom. The number of fused-ring (bicyclic) bond motifs is 1. The maximum absolute atomic E-state index is 5.08. The van der Waals surface area contributed by atoms with Gasteiger partial charge in [0, 0.05) is 24.0 Å². The summed E-state index contributed by atoms with van der Waals surface area (Å²) in [7, 11) is 1.59. The van der Waals surface area contributed by atoms with E-state index >= 15 is 0 Å². The molecule has 3 aromatic rings. The first-order valence-corrected chi connectivity index (χ1v) is 5.59. The Hall–Kier alpha value is -2.43. The van der Waals surface area contributed by atoms with Crippen LogP contribution in [0.25, 0.3) is 22.6 Å². The molecule has 0 unspecified atom stereocenters. The first kappa shape index (κ1) is 10.7. The number of pyridine rings is 2. The Bertz CT molecular complexity index is 705. The van der Waals surface area contributed by atoms with Crippen molar-refractivity contribution in [2.75, 3.05) is 7.11 Å². The summed E-state index contributed by atoms with van der Waals surface area (Å²) in [5.74, 6) is 1.32. The smallest absolute Gasteiger partial charge is 0.215 e. The van der Waals surface area contributed by atoms with Crippen molar-refractivity contribution in [1.82, 2.24) is 19.9 Å². The van der Waals surface area contributed by atoms with Gasteiger partial charge in [0.05, 0.1) is 12.6 Å². The van der Waals surface area contributed by atoms with Crippen molar-refractivity contribution in [2.45, 2.75) is 6.92 Å². The quantitative estimate of drug-likeness (QED) is 0.746. The van der Waals surface area contributed by atoms with Gasteiger partial charge in [-0.1, -0.05) is 0 Å². The summed E-state index contributed by atoms with van der Waals surface area (Å²) in [4.78, 5) is 16.1. The molecule has 3 aromatic heterocycles. The fourth-order valence-electron chi connectivity index (χ4n) is 1.81. The van der Waals surface area contributed by atoms with Crippen molar-refractivity contribution in [3.05, 3.63) is 36.2 Å². The molecule has 18 heavy (non-hydrogen) atoms. The van der Waals surface area contributed by atoms with Crippen LogP contribution in [0.2, 0.25) is 0 Å². The van der Waals surface area contributed by atoms with E-state index in [1.54, 1.807) is 19.4 Å². The molecule has 0 aliphatic heterocycles. The fourth-order valence-corrected chi connectivity index (χ4v) is 1.81. The number of methoxy groups -OCH3 is 1. The van der Waals surface area contributed by atoms with Crippen molar-refractivity contribution >= 4 is 11.2 Å². The predicted octanol–water partition coefficient (Wildman–Crippen LogP) is 2.34. The van der Waals surface area contributed by atoms with E-state index in [4.69, 9.17) is 4.74 Å². The van der Waals surface area contributed by atoms with Gasteiger partial charge in [0.2, 0.25) is 5.88 Å². The molecule has 5 nitrogen and oxygen atoms in total. The number of hydrogen-bond acceptors (Lipinski definition) is 4. The zero-order valence-electron chi connectivity index (χ0n) is 10.1. The largest absolute Gasteiger partial charge is 0.481 e. The molecule has 0 spiro atoms. The van der Waals surface area contributed by atoms with Crippen LogP contribution in [0, 0.1) is 6.92 Å². The summed E-state index contributed by atoms with van der Waals surface area (Å²) in [6, 6.07) is 5.74. The van der Waals surface area contributed by atoms with Gasteiger partial charge in [-0.15, -0.1) is 0 Å². The normalized spacial score (nSPS) is 10.8. The predicted molar refractivity (Wildman–Crippen MR) is 68.4 cm³/mol. The summed E-state index contributed by atoms with van der Waals surface area (Å²) >= 11 is 0. The van der Waals surface area contributed by atoms with Crippen LogP contribution in [-0.4, -0.2) is 27.0 Å². The second-order valence-corrected chi connectivity index (χ2v) is 4.06. The van der Waals surface area contributed by atoms with Gasteiger partial charge in [-0.2, -0.15) is 4.98 Å². The van der Waals surface area contributed by atoms with Gasteiger partial charge >= 0.3 is 0 Å². The summed E-state index contributed by atoms with van der Waals surface area (Å²) in [5.41, 5.74) is 3.57. The van der Waals surface area contributed by atoms with Crippen LogP contribution in [0.3, 0.4) is 0 Å². The number of aryl methyl sites for hydroxylation is 1. The Morgan fingerprint density at radius 1 is 1.17 bits per heavy atom. The molecule has 1 N–H and O–H groups in total. The van der Waals surface area contributed by atoms with Crippen LogP contribution in [-0.2, 0) is 0 Å². The van der Waals surface area contributed by atoms with Gasteiger partial charge in [0.1, 0.15) is 5.82 Å². The molecule has 0 aliphatic rings. The molecule has 0 saturated heterocycles. The molecule has 3 rings (SSSR count). The van der Waals surface area contributed by atoms with E-state index < -0.39 is 0 Å². The fraction of sp³-hybridized carbons (Fsp3) is 0.154. The Labute approximate surface area is 104 Å². The van der Waals surface area contributed by atoms with Crippen molar-refractivity contribution in [2.24, 2.45) is 0 Å². The molecule has 0 fully saturated rings. The maximum atomic E-state index is 5.08. The molecule has 3 heterocycles. The number of H-pyrrole nitrogens is 1. The highest BCUT2D eigenvalue weighted by molar-refractivity contribution is 5.76. The highest BCUT2D eigenvalue weighted by atomic mass is 16.5. The monoisotopic (exact) mass is 240 g/mol. The van der Waals surface area contributed by atoms with Crippen molar-refractivity contribution in [3.8, 4) is 17.3 Å². The third kappa shape index (κ3) is 1.79. The van der Waals surface area contributed by atoms with E-state index in [9.17, 15) is 0 Å². The SMILES string of the molecule is COc1ccc2[nH]c(-c3cncc(C)c3)nc2n1. The Balaban J connectivity index is 2.13. The lowest BCUT2D eigenvalue weighted by Crippen LogP contribution is -1.86. The summed E-state index contributed by atoms with van der Waals surface area (Å²) < 4.78 is 5.08. The molecule has 0 bridgehead atoms. The Kier molecular flexibility index (Phi) is 2.44. The number of aromatic nitrogens is 4. The second kappa shape index (κ2) is 4.10. The zero-order valence-corrected chi connectivity index (χ0v) is 10.1. The molecular formula is C13H12N4O. The van der Waals surface area contributed by atoms with Gasteiger partial charge in [0.25, 0.3) is 0 Å². The van der Waals surface area contributed by atoms with E-state index in [0.717, 1.165) is 22.5 Å². The highest BCUT2D eigenvalue weighted by Gasteiger charge is 2.07. The molecular weight excluding hydrogens is 228 g/mol. The van der Waals surface area contributed by atoms with Gasteiger partial charge in [0.15, 0.2) is 5.65 Å². The maximum Gasteiger partial charge on any atom is 0.215 e. The first-order chi connectivity index (χ1) is 8.76.